The van der Waals surface area contributed by atoms with Crippen molar-refractivity contribution in [1.82, 2.24) is 14.9 Å². The lowest BCUT2D eigenvalue weighted by Gasteiger charge is -2.25. The molecular weight excluding hydrogens is 418 g/mol. The predicted molar refractivity (Wildman–Crippen MR) is 114 cm³/mol. The molecule has 0 spiro atoms. The maximum absolute atomic E-state index is 13.1. The molecule has 3 heterocycles. The van der Waals surface area contributed by atoms with E-state index in [0.29, 0.717) is 17.0 Å². The number of aliphatic hydroxyl groups is 1. The number of rotatable bonds is 5. The van der Waals surface area contributed by atoms with Crippen LogP contribution in [-0.4, -0.2) is 38.8 Å². The molecule has 0 saturated carbocycles. The molecule has 4 rings (SSSR count). The van der Waals surface area contributed by atoms with Crippen LogP contribution in [0.3, 0.4) is 0 Å². The number of carbonyl (C=O) groups is 2. The molecule has 3 aromatic rings. The minimum Gasteiger partial charge on any atom is -0.507 e. The van der Waals surface area contributed by atoms with Crippen LogP contribution in [0, 0.1) is 0 Å². The molecule has 1 aliphatic heterocycles. The molecule has 1 aromatic carbocycles. The molecule has 1 N–H and O–H groups in total. The summed E-state index contributed by atoms with van der Waals surface area (Å²) >= 11 is 6.29. The fourth-order valence-corrected chi connectivity index (χ4v) is 3.77. The third-order valence-corrected chi connectivity index (χ3v) is 5.38. The zero-order valence-electron chi connectivity index (χ0n) is 16.5. The molecule has 2 aromatic heterocycles. The number of nitrogens with zero attached hydrogens (tertiary/aromatic N) is 3. The maximum Gasteiger partial charge on any atom is 0.296 e. The number of halogens is 1. The number of amides is 1. The predicted octanol–water partition coefficient (Wildman–Crippen LogP) is 3.76. The van der Waals surface area contributed by atoms with Crippen LogP contribution < -0.4 is 4.74 Å². The van der Waals surface area contributed by atoms with E-state index in [9.17, 15) is 14.7 Å². The second-order valence-electron chi connectivity index (χ2n) is 6.87. The topological polar surface area (TPSA) is 92.6 Å². The van der Waals surface area contributed by atoms with Crippen LogP contribution in [0.25, 0.3) is 5.76 Å². The van der Waals surface area contributed by atoms with Gasteiger partial charge in [0.15, 0.2) is 0 Å². The summed E-state index contributed by atoms with van der Waals surface area (Å²) in [5, 5.41) is 11.4. The summed E-state index contributed by atoms with van der Waals surface area (Å²) in [7, 11) is 1.48. The van der Waals surface area contributed by atoms with Gasteiger partial charge in [-0.1, -0.05) is 17.7 Å². The van der Waals surface area contributed by atoms with Crippen LogP contribution in [-0.2, 0) is 16.1 Å². The highest BCUT2D eigenvalue weighted by Gasteiger charge is 2.46. The Bertz CT molecular complexity index is 1170. The highest BCUT2D eigenvalue weighted by molar-refractivity contribution is 6.47. The van der Waals surface area contributed by atoms with Gasteiger partial charge in [0.1, 0.15) is 11.5 Å². The summed E-state index contributed by atoms with van der Waals surface area (Å²) in [6.07, 6.45) is 4.74. The molecule has 1 aliphatic rings. The van der Waals surface area contributed by atoms with Crippen molar-refractivity contribution in [2.45, 2.75) is 12.6 Å². The summed E-state index contributed by atoms with van der Waals surface area (Å²) in [6, 6.07) is 12.6. The Morgan fingerprint density at radius 2 is 1.90 bits per heavy atom. The summed E-state index contributed by atoms with van der Waals surface area (Å²) in [5.41, 5.74) is 1.40. The minimum atomic E-state index is -0.827. The fourth-order valence-electron chi connectivity index (χ4n) is 3.56. The van der Waals surface area contributed by atoms with Crippen molar-refractivity contribution >= 4 is 29.1 Å². The lowest BCUT2D eigenvalue weighted by molar-refractivity contribution is -0.140. The summed E-state index contributed by atoms with van der Waals surface area (Å²) < 4.78 is 5.21. The molecule has 8 heteroatoms. The van der Waals surface area contributed by atoms with E-state index >= 15 is 0 Å². The number of carbonyl (C=O) groups excluding carboxylic acids is 2. The SMILES string of the molecule is COc1ccc(Cl)c(/C(O)=C2\C(=O)C(=O)N(Cc3ccccn3)C2c2ccncc2)c1. The van der Waals surface area contributed by atoms with E-state index in [0.717, 1.165) is 0 Å². The van der Waals surface area contributed by atoms with Crippen LogP contribution >= 0.6 is 11.6 Å². The van der Waals surface area contributed by atoms with Crippen molar-refractivity contribution < 1.29 is 19.4 Å². The zero-order valence-corrected chi connectivity index (χ0v) is 17.3. The van der Waals surface area contributed by atoms with Gasteiger partial charge < -0.3 is 14.7 Å². The first-order chi connectivity index (χ1) is 15.0. The second kappa shape index (κ2) is 8.57. The van der Waals surface area contributed by atoms with Gasteiger partial charge in [0, 0.05) is 24.2 Å². The normalized spacial score (nSPS) is 17.7. The number of methoxy groups -OCH3 is 1. The molecule has 0 bridgehead atoms. The number of Topliss-reactive ketones (excluding diaryl/α,β-unsaturated/α-hetero) is 1. The van der Waals surface area contributed by atoms with Crippen LogP contribution in [0.4, 0.5) is 0 Å². The van der Waals surface area contributed by atoms with E-state index in [2.05, 4.69) is 9.97 Å². The molecule has 1 atom stereocenters. The molecule has 156 valence electrons. The molecule has 7 nitrogen and oxygen atoms in total. The van der Waals surface area contributed by atoms with E-state index in [1.54, 1.807) is 61.1 Å². The van der Waals surface area contributed by atoms with Gasteiger partial charge in [-0.05, 0) is 48.0 Å². The average molecular weight is 436 g/mol. The van der Waals surface area contributed by atoms with E-state index in [1.807, 2.05) is 0 Å². The molecule has 1 unspecified atom stereocenters. The Morgan fingerprint density at radius 3 is 2.58 bits per heavy atom. The first-order valence-electron chi connectivity index (χ1n) is 9.43. The third-order valence-electron chi connectivity index (χ3n) is 5.05. The van der Waals surface area contributed by atoms with Crippen molar-refractivity contribution in [2.24, 2.45) is 0 Å². The number of hydrogen-bond donors (Lipinski definition) is 1. The van der Waals surface area contributed by atoms with Crippen molar-refractivity contribution in [2.75, 3.05) is 7.11 Å². The number of pyridine rings is 2. The Kier molecular flexibility index (Phi) is 5.68. The third kappa shape index (κ3) is 3.87. The first kappa shape index (κ1) is 20.6. The number of benzene rings is 1. The van der Waals surface area contributed by atoms with E-state index in [4.69, 9.17) is 16.3 Å². The van der Waals surface area contributed by atoms with Gasteiger partial charge in [0.05, 0.1) is 36.0 Å². The van der Waals surface area contributed by atoms with Crippen LogP contribution in [0.1, 0.15) is 22.9 Å². The Hall–Kier alpha value is -3.71. The lowest BCUT2D eigenvalue weighted by Crippen LogP contribution is -2.29. The Morgan fingerprint density at radius 1 is 1.13 bits per heavy atom. The van der Waals surface area contributed by atoms with Crippen LogP contribution in [0.15, 0.2) is 72.7 Å². The summed E-state index contributed by atoms with van der Waals surface area (Å²) in [4.78, 5) is 35.7. The van der Waals surface area contributed by atoms with E-state index in [-0.39, 0.29) is 28.5 Å². The molecule has 1 saturated heterocycles. The Labute approximate surface area is 183 Å². The molecule has 0 radical (unpaired) electrons. The van der Waals surface area contributed by atoms with Crippen molar-refractivity contribution in [1.29, 1.82) is 0 Å². The van der Waals surface area contributed by atoms with Crippen LogP contribution in [0.2, 0.25) is 5.02 Å². The van der Waals surface area contributed by atoms with Crippen molar-refractivity contribution in [3.05, 3.63) is 94.5 Å². The van der Waals surface area contributed by atoms with Gasteiger partial charge in [-0.15, -0.1) is 0 Å². The highest BCUT2D eigenvalue weighted by atomic mass is 35.5. The molecule has 0 aliphatic carbocycles. The molecule has 1 amide bonds. The number of aromatic nitrogens is 2. The summed E-state index contributed by atoms with van der Waals surface area (Å²) in [6.45, 7) is 0.0982. The minimum absolute atomic E-state index is 0.0534. The largest absolute Gasteiger partial charge is 0.507 e. The van der Waals surface area contributed by atoms with E-state index < -0.39 is 17.7 Å². The lowest BCUT2D eigenvalue weighted by atomic mass is 9.96. The number of ether oxygens (including phenoxy) is 1. The standard InChI is InChI=1S/C23H18ClN3O4/c1-31-16-5-6-18(24)17(12-16)21(28)19-20(14-7-10-25-11-8-14)27(23(30)22(19)29)13-15-4-2-3-9-26-15/h2-12,20,28H,13H2,1H3/b21-19+. The van der Waals surface area contributed by atoms with Gasteiger partial charge in [-0.2, -0.15) is 0 Å². The number of ketones is 1. The fraction of sp³-hybridized carbons (Fsp3) is 0.130. The molecule has 31 heavy (non-hydrogen) atoms. The van der Waals surface area contributed by atoms with Gasteiger partial charge >= 0.3 is 0 Å². The van der Waals surface area contributed by atoms with Crippen LogP contribution in [0.5, 0.6) is 5.75 Å². The number of aliphatic hydroxyl groups excluding tert-OH is 1. The number of likely N-dealkylation sites (tertiary alicyclic amines) is 1. The summed E-state index contributed by atoms with van der Waals surface area (Å²) in [5.74, 6) is -1.44. The first-order valence-corrected chi connectivity index (χ1v) is 9.81. The van der Waals surface area contributed by atoms with Crippen molar-refractivity contribution in [3.8, 4) is 5.75 Å². The molecular formula is C23H18ClN3O4. The second-order valence-corrected chi connectivity index (χ2v) is 7.28. The van der Waals surface area contributed by atoms with Crippen molar-refractivity contribution in [3.63, 3.8) is 0 Å². The monoisotopic (exact) mass is 435 g/mol. The van der Waals surface area contributed by atoms with Gasteiger partial charge in [-0.3, -0.25) is 19.6 Å². The Balaban J connectivity index is 1.89. The smallest absolute Gasteiger partial charge is 0.296 e. The average Bonchev–Trinajstić information content (AvgIpc) is 3.05. The van der Waals surface area contributed by atoms with Gasteiger partial charge in [0.2, 0.25) is 0 Å². The zero-order chi connectivity index (χ0) is 22.0. The van der Waals surface area contributed by atoms with Gasteiger partial charge in [-0.25, -0.2) is 0 Å². The molecule has 1 fully saturated rings. The maximum atomic E-state index is 13.1. The van der Waals surface area contributed by atoms with Gasteiger partial charge in [0.25, 0.3) is 11.7 Å². The van der Waals surface area contributed by atoms with E-state index in [1.165, 1.54) is 18.1 Å². The number of hydrogen-bond acceptors (Lipinski definition) is 6. The highest BCUT2D eigenvalue weighted by Crippen LogP contribution is 2.41. The quantitative estimate of drug-likeness (QED) is 0.372.